The van der Waals surface area contributed by atoms with Gasteiger partial charge in [-0.25, -0.2) is 0 Å². The molecule has 4 unspecified atom stereocenters. The summed E-state index contributed by atoms with van der Waals surface area (Å²) in [6.45, 7) is 0.702. The van der Waals surface area contributed by atoms with Crippen LogP contribution in [0.2, 0.25) is 0 Å². The van der Waals surface area contributed by atoms with Crippen LogP contribution in [-0.4, -0.2) is 42.4 Å². The molecule has 6 atom stereocenters. The minimum absolute atomic E-state index is 0.00381. The highest BCUT2D eigenvalue weighted by atomic mass is 19.4. The van der Waals surface area contributed by atoms with Crippen LogP contribution in [0.3, 0.4) is 0 Å². The molecule has 0 radical (unpaired) electrons. The summed E-state index contributed by atoms with van der Waals surface area (Å²) in [6.07, 6.45) is -6.85. The molecule has 1 heterocycles. The zero-order valence-electron chi connectivity index (χ0n) is 18.4. The van der Waals surface area contributed by atoms with Crippen molar-refractivity contribution < 1.29 is 41.0 Å². The van der Waals surface area contributed by atoms with E-state index in [0.717, 1.165) is 19.3 Å². The minimum Gasteiger partial charge on any atom is -0.393 e. The maximum atomic E-state index is 13.0. The third-order valence-corrected chi connectivity index (χ3v) is 7.28. The van der Waals surface area contributed by atoms with Crippen molar-refractivity contribution in [1.82, 2.24) is 10.6 Å². The van der Waals surface area contributed by atoms with Crippen molar-refractivity contribution >= 4 is 5.91 Å². The van der Waals surface area contributed by atoms with Gasteiger partial charge in [-0.1, -0.05) is 0 Å². The minimum atomic E-state index is -4.93. The van der Waals surface area contributed by atoms with E-state index in [1.807, 2.05) is 0 Å². The highest BCUT2D eigenvalue weighted by Gasteiger charge is 2.44. The number of hydrogen-bond acceptors (Lipinski definition) is 4. The predicted octanol–water partition coefficient (Wildman–Crippen LogP) is 3.88. The van der Waals surface area contributed by atoms with Crippen molar-refractivity contribution in [1.29, 1.82) is 0 Å². The number of ether oxygens (including phenoxy) is 1. The average Bonchev–Trinajstić information content (AvgIpc) is 3.22. The first kappa shape index (κ1) is 25.2. The molecule has 190 valence electrons. The number of benzene rings is 1. The molecule has 1 aromatic rings. The first-order valence-corrected chi connectivity index (χ1v) is 11.5. The molecule has 2 aliphatic carbocycles. The SMILES string of the molecule is O=C(NCc1cc(C(F)(F)F)cc(C(F)(F)F)c1)[C@H]1CC[C@@H](NC2C3CCC(O)C2COC3)C1. The number of amides is 1. The van der Waals surface area contributed by atoms with E-state index < -0.39 is 36.1 Å². The fraction of sp³-hybridized carbons (Fsp3) is 0.696. The summed E-state index contributed by atoms with van der Waals surface area (Å²) in [4.78, 5) is 12.6. The molecule has 34 heavy (non-hydrogen) atoms. The average molecular weight is 494 g/mol. The van der Waals surface area contributed by atoms with Crippen LogP contribution in [0.25, 0.3) is 0 Å². The van der Waals surface area contributed by atoms with Gasteiger partial charge in [0.1, 0.15) is 0 Å². The molecular weight excluding hydrogens is 466 g/mol. The Hall–Kier alpha value is -1.85. The third kappa shape index (κ3) is 5.68. The second-order valence-electron chi connectivity index (χ2n) is 9.64. The van der Waals surface area contributed by atoms with Crippen molar-refractivity contribution in [2.75, 3.05) is 13.2 Å². The smallest absolute Gasteiger partial charge is 0.393 e. The van der Waals surface area contributed by atoms with Gasteiger partial charge in [0.15, 0.2) is 0 Å². The molecule has 1 amide bonds. The summed E-state index contributed by atoms with van der Waals surface area (Å²) >= 11 is 0. The van der Waals surface area contributed by atoms with Gasteiger partial charge in [-0.05, 0) is 61.8 Å². The predicted molar refractivity (Wildman–Crippen MR) is 109 cm³/mol. The monoisotopic (exact) mass is 494 g/mol. The molecule has 3 aliphatic rings. The van der Waals surface area contributed by atoms with Crippen LogP contribution in [0.1, 0.15) is 48.8 Å². The first-order valence-electron chi connectivity index (χ1n) is 11.5. The van der Waals surface area contributed by atoms with E-state index in [1.54, 1.807) is 0 Å². The lowest BCUT2D eigenvalue weighted by Gasteiger charge is -2.46. The second kappa shape index (κ2) is 9.66. The first-order chi connectivity index (χ1) is 15.9. The molecule has 4 rings (SSSR count). The van der Waals surface area contributed by atoms with E-state index >= 15 is 0 Å². The second-order valence-corrected chi connectivity index (χ2v) is 9.64. The highest BCUT2D eigenvalue weighted by molar-refractivity contribution is 5.79. The number of hydrogen-bond donors (Lipinski definition) is 3. The molecule has 2 saturated carbocycles. The normalized spacial score (nSPS) is 32.0. The lowest BCUT2D eigenvalue weighted by Crippen LogP contribution is -2.58. The van der Waals surface area contributed by atoms with E-state index in [1.165, 1.54) is 0 Å². The van der Waals surface area contributed by atoms with E-state index in [2.05, 4.69) is 10.6 Å². The van der Waals surface area contributed by atoms with Gasteiger partial charge in [-0.2, -0.15) is 26.3 Å². The van der Waals surface area contributed by atoms with Crippen molar-refractivity contribution in [3.05, 3.63) is 34.9 Å². The van der Waals surface area contributed by atoms with Gasteiger partial charge in [0.2, 0.25) is 5.91 Å². The number of halogens is 6. The Kier molecular flexibility index (Phi) is 7.17. The Morgan fingerprint density at radius 3 is 2.29 bits per heavy atom. The van der Waals surface area contributed by atoms with Crippen LogP contribution in [0.4, 0.5) is 26.3 Å². The molecule has 0 spiro atoms. The largest absolute Gasteiger partial charge is 0.416 e. The van der Waals surface area contributed by atoms with E-state index in [-0.39, 0.29) is 41.5 Å². The molecule has 0 aromatic heterocycles. The van der Waals surface area contributed by atoms with Crippen LogP contribution in [-0.2, 0) is 28.4 Å². The molecule has 3 N–H and O–H groups in total. The van der Waals surface area contributed by atoms with Gasteiger partial charge in [-0.3, -0.25) is 4.79 Å². The van der Waals surface area contributed by atoms with Crippen molar-refractivity contribution in [3.63, 3.8) is 0 Å². The quantitative estimate of drug-likeness (QED) is 0.544. The summed E-state index contributed by atoms with van der Waals surface area (Å²) in [5.74, 6) is -0.458. The zero-order valence-corrected chi connectivity index (χ0v) is 18.4. The molecule has 3 fully saturated rings. The molecule has 1 aromatic carbocycles. The summed E-state index contributed by atoms with van der Waals surface area (Å²) < 4.78 is 83.8. The Morgan fingerprint density at radius 1 is 0.971 bits per heavy atom. The van der Waals surface area contributed by atoms with Crippen LogP contribution in [0, 0.1) is 17.8 Å². The lowest BCUT2D eigenvalue weighted by atomic mass is 9.74. The van der Waals surface area contributed by atoms with Crippen molar-refractivity contribution in [2.45, 2.75) is 69.2 Å². The van der Waals surface area contributed by atoms with Crippen LogP contribution in [0.15, 0.2) is 18.2 Å². The molecule has 1 saturated heterocycles. The fourth-order valence-electron chi connectivity index (χ4n) is 5.48. The van der Waals surface area contributed by atoms with Gasteiger partial charge in [0, 0.05) is 30.5 Å². The Morgan fingerprint density at radius 2 is 1.65 bits per heavy atom. The maximum absolute atomic E-state index is 13.0. The Bertz CT molecular complexity index is 858. The molecule has 11 heteroatoms. The van der Waals surface area contributed by atoms with Gasteiger partial charge in [0.05, 0.1) is 30.4 Å². The summed E-state index contributed by atoms with van der Waals surface area (Å²) in [5, 5.41) is 16.4. The molecule has 1 aliphatic heterocycles. The lowest BCUT2D eigenvalue weighted by molar-refractivity contribution is -0.143. The number of nitrogens with one attached hydrogen (secondary N) is 2. The van der Waals surface area contributed by atoms with Crippen LogP contribution >= 0.6 is 0 Å². The number of carbonyl (C=O) groups excluding carboxylic acids is 1. The maximum Gasteiger partial charge on any atom is 0.416 e. The number of aliphatic hydroxyl groups excluding tert-OH is 1. The fourth-order valence-corrected chi connectivity index (χ4v) is 5.48. The third-order valence-electron chi connectivity index (χ3n) is 7.28. The summed E-state index contributed by atoms with van der Waals surface area (Å²) in [5.41, 5.74) is -3.06. The number of aliphatic hydroxyl groups is 1. The van der Waals surface area contributed by atoms with Crippen LogP contribution < -0.4 is 10.6 Å². The number of fused-ring (bicyclic) bond motifs is 2. The van der Waals surface area contributed by atoms with Crippen LogP contribution in [0.5, 0.6) is 0 Å². The van der Waals surface area contributed by atoms with Gasteiger partial charge in [-0.15, -0.1) is 0 Å². The summed E-state index contributed by atoms with van der Waals surface area (Å²) in [6, 6.07) is 1.49. The van der Waals surface area contributed by atoms with Gasteiger partial charge in [0.25, 0.3) is 0 Å². The van der Waals surface area contributed by atoms with E-state index in [4.69, 9.17) is 4.74 Å². The topological polar surface area (TPSA) is 70.6 Å². The van der Waals surface area contributed by atoms with Gasteiger partial charge < -0.3 is 20.5 Å². The number of rotatable bonds is 5. The van der Waals surface area contributed by atoms with E-state index in [0.29, 0.717) is 44.1 Å². The molecular formula is C23H28F6N2O3. The number of carbonyl (C=O) groups is 1. The molecule has 5 nitrogen and oxygen atoms in total. The van der Waals surface area contributed by atoms with Crippen molar-refractivity contribution in [3.8, 4) is 0 Å². The highest BCUT2D eigenvalue weighted by Crippen LogP contribution is 2.38. The van der Waals surface area contributed by atoms with E-state index in [9.17, 15) is 36.2 Å². The Labute approximate surface area is 193 Å². The summed E-state index contributed by atoms with van der Waals surface area (Å²) in [7, 11) is 0. The number of alkyl halides is 6. The standard InChI is InChI=1S/C23H28F6N2O3/c24-22(25,26)15-5-12(6-16(8-15)23(27,28)29)9-30-21(33)13-1-3-17(7-13)31-20-14-2-4-19(32)18(20)11-34-10-14/h5-6,8,13-14,17-20,31-32H,1-4,7,9-11H2,(H,30,33)/t13-,14?,17+,18?,19?,20?/m0/s1. The zero-order chi connectivity index (χ0) is 24.7. The van der Waals surface area contributed by atoms with Crippen molar-refractivity contribution in [2.24, 2.45) is 17.8 Å². The Balaban J connectivity index is 1.34. The van der Waals surface area contributed by atoms with Gasteiger partial charge >= 0.3 is 12.4 Å². The molecule has 2 bridgehead atoms.